The van der Waals surface area contributed by atoms with Crippen LogP contribution in [0.4, 0.5) is 17.1 Å². The fourth-order valence-electron chi connectivity index (χ4n) is 1.45. The summed E-state index contributed by atoms with van der Waals surface area (Å²) in [6.45, 7) is 6.36. The molecule has 0 atom stereocenters. The van der Waals surface area contributed by atoms with Gasteiger partial charge >= 0.3 is 112 Å². The Hall–Kier alpha value is -1.23. The summed E-state index contributed by atoms with van der Waals surface area (Å²) in [7, 11) is 0. The Morgan fingerprint density at radius 1 is 1.33 bits per heavy atom. The Morgan fingerprint density at radius 3 is 2.83 bits per heavy atom. The van der Waals surface area contributed by atoms with Gasteiger partial charge < -0.3 is 0 Å². The van der Waals surface area contributed by atoms with E-state index in [0.717, 1.165) is 17.1 Å². The second-order valence-electron chi connectivity index (χ2n) is 5.09. The molecule has 6 heteroatoms. The molecule has 0 saturated heterocycles. The van der Waals surface area contributed by atoms with Gasteiger partial charge in [0.1, 0.15) is 0 Å². The molecule has 1 aliphatic heterocycles. The molecular formula is C12H16N4OSe. The van der Waals surface area contributed by atoms with Crippen molar-refractivity contribution in [2.45, 2.75) is 26.3 Å². The van der Waals surface area contributed by atoms with E-state index in [0.29, 0.717) is 0 Å². The van der Waals surface area contributed by atoms with Gasteiger partial charge in [-0.1, -0.05) is 0 Å². The molecule has 18 heavy (non-hydrogen) atoms. The quantitative estimate of drug-likeness (QED) is 0.855. The molecule has 0 radical (unpaired) electrons. The van der Waals surface area contributed by atoms with Crippen molar-refractivity contribution in [2.24, 2.45) is 7.92 Å². The zero-order valence-electron chi connectivity index (χ0n) is 10.7. The summed E-state index contributed by atoms with van der Waals surface area (Å²) >= 11 is -0.0766. The van der Waals surface area contributed by atoms with Gasteiger partial charge in [0.2, 0.25) is 0 Å². The number of carbonyl (C=O) groups excluding carboxylic acids is 1. The molecule has 1 aromatic rings. The fourth-order valence-corrected chi connectivity index (χ4v) is 2.60. The van der Waals surface area contributed by atoms with Crippen LogP contribution >= 0.6 is 0 Å². The van der Waals surface area contributed by atoms with Gasteiger partial charge in [-0.2, -0.15) is 0 Å². The molecule has 0 spiro atoms. The summed E-state index contributed by atoms with van der Waals surface area (Å²) in [5.74, 6) is -0.0621. The van der Waals surface area contributed by atoms with Crippen molar-refractivity contribution in [3.05, 3.63) is 18.2 Å². The van der Waals surface area contributed by atoms with Gasteiger partial charge in [0.05, 0.1) is 0 Å². The summed E-state index contributed by atoms with van der Waals surface area (Å²) in [6.07, 6.45) is 0. The second-order valence-corrected chi connectivity index (χ2v) is 6.20. The summed E-state index contributed by atoms with van der Waals surface area (Å²) in [6, 6.07) is 5.65. The topological polar surface area (TPSA) is 65.8 Å². The number of rotatable bonds is 3. The van der Waals surface area contributed by atoms with Crippen LogP contribution in [0.3, 0.4) is 0 Å². The number of hydrogen-bond donors (Lipinski definition) is 2. The van der Waals surface area contributed by atoms with Crippen molar-refractivity contribution in [2.75, 3.05) is 11.9 Å². The van der Waals surface area contributed by atoms with Crippen LogP contribution in [0.25, 0.3) is 0 Å². The predicted molar refractivity (Wildman–Crippen MR) is 72.8 cm³/mol. The Bertz CT molecular complexity index is 541. The molecule has 2 rings (SSSR count). The summed E-state index contributed by atoms with van der Waals surface area (Å²) in [5.41, 5.74) is 2.35. The van der Waals surface area contributed by atoms with Gasteiger partial charge in [-0.3, -0.25) is 0 Å². The van der Waals surface area contributed by atoms with Crippen molar-refractivity contribution in [1.82, 2.24) is 5.32 Å². The summed E-state index contributed by atoms with van der Waals surface area (Å²) < 4.78 is 8.60. The monoisotopic (exact) mass is 312 g/mol. The molecule has 2 N–H and O–H groups in total. The standard InChI is InChI=1S/C12H16N4OSe/c1-12(2,3)13-7-10(17)14-8-5-4-6-9-11(8)16-18-15-9/h4-6,13H,7H2,1-3H3,(H,14,17). The van der Waals surface area contributed by atoms with Gasteiger partial charge in [0.15, 0.2) is 0 Å². The van der Waals surface area contributed by atoms with Gasteiger partial charge in [-0.05, 0) is 0 Å². The van der Waals surface area contributed by atoms with E-state index >= 15 is 0 Å². The average Bonchev–Trinajstić information content (AvgIpc) is 2.74. The average molecular weight is 311 g/mol. The number of anilines is 1. The molecule has 0 bridgehead atoms. The molecular weight excluding hydrogens is 295 g/mol. The van der Waals surface area contributed by atoms with E-state index in [4.69, 9.17) is 0 Å². The molecule has 0 unspecified atom stereocenters. The molecule has 96 valence electrons. The molecule has 1 aliphatic rings. The van der Waals surface area contributed by atoms with E-state index < -0.39 is 0 Å². The Labute approximate surface area is 112 Å². The van der Waals surface area contributed by atoms with Crippen LogP contribution in [0, 0.1) is 0 Å². The van der Waals surface area contributed by atoms with Crippen LogP contribution in [-0.4, -0.2) is 32.6 Å². The SMILES string of the molecule is CC(C)(C)NCC(=O)Nc1cccc2c1N=[Se]=N2. The zero-order chi connectivity index (χ0) is 13.2. The van der Waals surface area contributed by atoms with Crippen molar-refractivity contribution in [3.63, 3.8) is 0 Å². The van der Waals surface area contributed by atoms with E-state index in [-0.39, 0.29) is 32.6 Å². The summed E-state index contributed by atoms with van der Waals surface area (Å²) in [5, 5.41) is 6.02. The van der Waals surface area contributed by atoms with Crippen LogP contribution in [0.1, 0.15) is 20.8 Å². The molecule has 0 aromatic heterocycles. The zero-order valence-corrected chi connectivity index (χ0v) is 12.4. The minimum atomic E-state index is -0.0766. The van der Waals surface area contributed by atoms with Crippen molar-refractivity contribution in [3.8, 4) is 0 Å². The molecule has 1 amide bonds. The number of hydrogen-bond acceptors (Lipinski definition) is 4. The van der Waals surface area contributed by atoms with E-state index in [9.17, 15) is 4.79 Å². The molecule has 0 fully saturated rings. The summed E-state index contributed by atoms with van der Waals surface area (Å²) in [4.78, 5) is 11.8. The first-order valence-electron chi connectivity index (χ1n) is 5.72. The number of amides is 1. The number of carbonyl (C=O) groups is 1. The predicted octanol–water partition coefficient (Wildman–Crippen LogP) is 2.36. The van der Waals surface area contributed by atoms with Gasteiger partial charge in [0.25, 0.3) is 0 Å². The first-order chi connectivity index (χ1) is 8.46. The number of nitrogens with one attached hydrogen (secondary N) is 2. The van der Waals surface area contributed by atoms with E-state index in [1.54, 1.807) is 0 Å². The van der Waals surface area contributed by atoms with Crippen LogP contribution < -0.4 is 10.6 Å². The van der Waals surface area contributed by atoms with Gasteiger partial charge in [-0.25, -0.2) is 0 Å². The molecule has 0 saturated carbocycles. The maximum absolute atomic E-state index is 11.8. The first-order valence-corrected chi connectivity index (χ1v) is 7.25. The normalized spacial score (nSPS) is 13.1. The van der Waals surface area contributed by atoms with Crippen LogP contribution in [-0.2, 0) is 4.79 Å². The third-order valence-corrected chi connectivity index (χ3v) is 3.48. The fraction of sp³-hybridized carbons (Fsp3) is 0.417. The molecule has 1 aromatic carbocycles. The number of benzene rings is 1. The van der Waals surface area contributed by atoms with Crippen molar-refractivity contribution < 1.29 is 4.79 Å². The van der Waals surface area contributed by atoms with E-state index in [1.807, 2.05) is 39.0 Å². The molecule has 0 aliphatic carbocycles. The van der Waals surface area contributed by atoms with Gasteiger partial charge in [-0.15, -0.1) is 0 Å². The minimum absolute atomic E-state index is 0.0621. The number of nitrogens with zero attached hydrogens (tertiary/aromatic N) is 2. The van der Waals surface area contributed by atoms with Crippen molar-refractivity contribution in [1.29, 1.82) is 0 Å². The van der Waals surface area contributed by atoms with E-state index in [2.05, 4.69) is 18.6 Å². The van der Waals surface area contributed by atoms with Crippen LogP contribution in [0.2, 0.25) is 0 Å². The molecule has 1 heterocycles. The Morgan fingerprint density at radius 2 is 2.11 bits per heavy atom. The second kappa shape index (κ2) is 5.18. The van der Waals surface area contributed by atoms with Crippen LogP contribution in [0.5, 0.6) is 0 Å². The third-order valence-electron chi connectivity index (χ3n) is 2.34. The third kappa shape index (κ3) is 3.38. The number of fused-ring (bicyclic) bond motifs is 1. The first kappa shape index (κ1) is 13.2. The van der Waals surface area contributed by atoms with Crippen LogP contribution in [0.15, 0.2) is 26.1 Å². The Kier molecular flexibility index (Phi) is 3.80. The molecule has 5 nitrogen and oxygen atoms in total. The van der Waals surface area contributed by atoms with Gasteiger partial charge in [0, 0.05) is 0 Å². The maximum atomic E-state index is 11.8. The Balaban J connectivity index is 2.01. The van der Waals surface area contributed by atoms with Crippen molar-refractivity contribution >= 4 is 37.5 Å². The van der Waals surface area contributed by atoms with E-state index in [1.165, 1.54) is 0 Å².